The molecule has 2 aliphatic rings. The first-order valence-corrected chi connectivity index (χ1v) is 11.3. The number of hydrogen-bond donors (Lipinski definition) is 1. The second-order valence-corrected chi connectivity index (χ2v) is 9.69. The molecule has 0 spiro atoms. The van der Waals surface area contributed by atoms with Crippen molar-refractivity contribution < 1.29 is 4.79 Å². The molecule has 2 atom stereocenters. The average molecular weight is 428 g/mol. The molecule has 1 fully saturated rings. The maximum Gasteiger partial charge on any atom is 0.250 e. The summed E-state index contributed by atoms with van der Waals surface area (Å²) in [6.45, 7) is 6.45. The quantitative estimate of drug-likeness (QED) is 0.760. The van der Waals surface area contributed by atoms with Crippen LogP contribution in [0.5, 0.6) is 0 Å². The fourth-order valence-corrected chi connectivity index (χ4v) is 5.49. The third kappa shape index (κ3) is 4.56. The number of fused-ring (bicyclic) bond motifs is 4. The van der Waals surface area contributed by atoms with E-state index in [4.69, 9.17) is 12.2 Å². The Balaban J connectivity index is 1.35. The van der Waals surface area contributed by atoms with Crippen molar-refractivity contribution in [3.63, 3.8) is 0 Å². The van der Waals surface area contributed by atoms with Crippen molar-refractivity contribution in [2.24, 2.45) is 5.92 Å². The van der Waals surface area contributed by atoms with Crippen molar-refractivity contribution in [1.82, 2.24) is 9.47 Å². The molecule has 0 saturated carbocycles. The smallest absolute Gasteiger partial charge is 0.250 e. The van der Waals surface area contributed by atoms with Gasteiger partial charge in [0.05, 0.1) is 5.75 Å². The Morgan fingerprint density at radius 3 is 2.69 bits per heavy atom. The predicted octanol–water partition coefficient (Wildman–Crippen LogP) is 3.54. The van der Waals surface area contributed by atoms with Crippen molar-refractivity contribution in [2.45, 2.75) is 32.7 Å². The Morgan fingerprint density at radius 2 is 1.93 bits per heavy atom. The fraction of sp³-hybridized carbons (Fsp3) is 0.409. The van der Waals surface area contributed by atoms with Crippen LogP contribution in [-0.4, -0.2) is 38.5 Å². The fourth-order valence-electron chi connectivity index (χ4n) is 4.51. The third-order valence-electron chi connectivity index (χ3n) is 5.57. The molecule has 1 amide bonds. The molecule has 2 aromatic rings. The lowest BCUT2D eigenvalue weighted by molar-refractivity contribution is -0.113. The third-order valence-corrected chi connectivity index (χ3v) is 7.09. The monoisotopic (exact) mass is 427 g/mol. The van der Waals surface area contributed by atoms with Gasteiger partial charge in [0.1, 0.15) is 4.32 Å². The number of anilines is 1. The standard InChI is InChI=1S/C22H25N3O2S2/c1-14-6-15(2)8-18(7-14)23-20(26)13-29-22(28)24-10-16-9-17(12-24)19-4-3-5-21(27)25(19)11-16/h3-8,16-17H,9-13H2,1-2H3,(H,23,26)/t16-,17-/m0/s1. The van der Waals surface area contributed by atoms with E-state index in [2.05, 4.69) is 22.3 Å². The van der Waals surface area contributed by atoms with E-state index in [0.29, 0.717) is 17.6 Å². The van der Waals surface area contributed by atoms with Crippen LogP contribution in [0.1, 0.15) is 29.2 Å². The summed E-state index contributed by atoms with van der Waals surface area (Å²) in [6.07, 6.45) is 1.10. The molecule has 3 heterocycles. The molecule has 2 bridgehead atoms. The van der Waals surface area contributed by atoms with Crippen LogP contribution in [0.2, 0.25) is 0 Å². The van der Waals surface area contributed by atoms with Crippen LogP contribution in [0.15, 0.2) is 41.2 Å². The first-order chi connectivity index (χ1) is 13.9. The van der Waals surface area contributed by atoms with Gasteiger partial charge in [0.2, 0.25) is 5.91 Å². The van der Waals surface area contributed by atoms with Gasteiger partial charge in [-0.2, -0.15) is 0 Å². The molecule has 0 radical (unpaired) electrons. The largest absolute Gasteiger partial charge is 0.356 e. The van der Waals surface area contributed by atoms with Crippen molar-refractivity contribution >= 4 is 39.9 Å². The first kappa shape index (κ1) is 20.2. The summed E-state index contributed by atoms with van der Waals surface area (Å²) in [5, 5.41) is 2.97. The second kappa shape index (κ2) is 8.32. The van der Waals surface area contributed by atoms with Crippen molar-refractivity contribution in [3.05, 3.63) is 63.6 Å². The number of aromatic nitrogens is 1. The van der Waals surface area contributed by atoms with Gasteiger partial charge in [0.15, 0.2) is 0 Å². The molecule has 1 saturated heterocycles. The zero-order valence-electron chi connectivity index (χ0n) is 16.7. The van der Waals surface area contributed by atoms with Gasteiger partial charge in [-0.25, -0.2) is 0 Å². The SMILES string of the molecule is Cc1cc(C)cc(NC(=O)CSC(=S)N2C[C@@H]3C[C@@H](C2)c2cccc(=O)n2C3)c1. The number of nitrogens with zero attached hydrogens (tertiary/aromatic N) is 2. The number of amides is 1. The Labute approximate surface area is 180 Å². The van der Waals surface area contributed by atoms with Crippen molar-refractivity contribution in [2.75, 3.05) is 24.2 Å². The van der Waals surface area contributed by atoms with Gasteiger partial charge in [-0.1, -0.05) is 36.1 Å². The zero-order valence-corrected chi connectivity index (χ0v) is 18.3. The molecular weight excluding hydrogens is 402 g/mol. The van der Waals surface area contributed by atoms with Crippen LogP contribution in [-0.2, 0) is 11.3 Å². The van der Waals surface area contributed by atoms with Gasteiger partial charge in [0, 0.05) is 43.0 Å². The van der Waals surface area contributed by atoms with Gasteiger partial charge < -0.3 is 14.8 Å². The normalized spacial score (nSPS) is 20.1. The topological polar surface area (TPSA) is 54.3 Å². The maximum absolute atomic E-state index is 12.4. The number of benzene rings is 1. The number of carbonyl (C=O) groups excluding carboxylic acids is 1. The lowest BCUT2D eigenvalue weighted by Crippen LogP contribution is -2.48. The van der Waals surface area contributed by atoms with Crippen LogP contribution in [0.4, 0.5) is 5.69 Å². The molecule has 0 unspecified atom stereocenters. The molecule has 152 valence electrons. The molecule has 1 N–H and O–H groups in total. The van der Waals surface area contributed by atoms with Gasteiger partial charge >= 0.3 is 0 Å². The van der Waals surface area contributed by atoms with E-state index in [1.807, 2.05) is 36.6 Å². The Kier molecular flexibility index (Phi) is 5.79. The minimum absolute atomic E-state index is 0.0450. The van der Waals surface area contributed by atoms with Crippen LogP contribution >= 0.6 is 24.0 Å². The van der Waals surface area contributed by atoms with E-state index in [1.165, 1.54) is 11.8 Å². The van der Waals surface area contributed by atoms with Crippen LogP contribution in [0.3, 0.4) is 0 Å². The highest BCUT2D eigenvalue weighted by Gasteiger charge is 2.35. The molecule has 7 heteroatoms. The van der Waals surface area contributed by atoms with Gasteiger partial charge in [0.25, 0.3) is 5.56 Å². The molecule has 4 rings (SSSR count). The summed E-state index contributed by atoms with van der Waals surface area (Å²) in [7, 11) is 0. The Morgan fingerprint density at radius 1 is 1.17 bits per heavy atom. The first-order valence-electron chi connectivity index (χ1n) is 9.88. The van der Waals surface area contributed by atoms with E-state index < -0.39 is 0 Å². The number of thioether (sulfide) groups is 1. The number of likely N-dealkylation sites (tertiary alicyclic amines) is 1. The van der Waals surface area contributed by atoms with E-state index in [-0.39, 0.29) is 11.5 Å². The van der Waals surface area contributed by atoms with Crippen molar-refractivity contribution in [1.29, 1.82) is 0 Å². The molecule has 29 heavy (non-hydrogen) atoms. The van der Waals surface area contributed by atoms with Crippen LogP contribution in [0, 0.1) is 19.8 Å². The van der Waals surface area contributed by atoms with E-state index in [0.717, 1.165) is 52.9 Å². The highest BCUT2D eigenvalue weighted by Crippen LogP contribution is 2.36. The number of thiocarbonyl (C=S) groups is 1. The Hall–Kier alpha value is -2.12. The summed E-state index contributed by atoms with van der Waals surface area (Å²) in [4.78, 5) is 26.7. The summed E-state index contributed by atoms with van der Waals surface area (Å²) in [6, 6.07) is 11.6. The van der Waals surface area contributed by atoms with E-state index in [1.54, 1.807) is 6.07 Å². The molecular formula is C22H25N3O2S2. The van der Waals surface area contributed by atoms with E-state index in [9.17, 15) is 9.59 Å². The van der Waals surface area contributed by atoms with Gasteiger partial charge in [-0.3, -0.25) is 9.59 Å². The summed E-state index contributed by atoms with van der Waals surface area (Å²) < 4.78 is 2.69. The minimum Gasteiger partial charge on any atom is -0.356 e. The molecule has 2 aliphatic heterocycles. The second-order valence-electron chi connectivity index (χ2n) is 8.08. The lowest BCUT2D eigenvalue weighted by atomic mass is 9.83. The Bertz CT molecular complexity index is 997. The van der Waals surface area contributed by atoms with Crippen LogP contribution < -0.4 is 10.9 Å². The van der Waals surface area contributed by atoms with Gasteiger partial charge in [-0.15, -0.1) is 0 Å². The number of piperidine rings is 1. The van der Waals surface area contributed by atoms with Crippen molar-refractivity contribution in [3.8, 4) is 0 Å². The number of rotatable bonds is 3. The number of carbonyl (C=O) groups is 1. The van der Waals surface area contributed by atoms with E-state index >= 15 is 0 Å². The predicted molar refractivity (Wildman–Crippen MR) is 123 cm³/mol. The van der Waals surface area contributed by atoms with Crippen LogP contribution in [0.25, 0.3) is 0 Å². The maximum atomic E-state index is 12.4. The number of pyridine rings is 1. The summed E-state index contributed by atoms with van der Waals surface area (Å²) in [5.74, 6) is 0.993. The average Bonchev–Trinajstić information content (AvgIpc) is 2.66. The lowest BCUT2D eigenvalue weighted by Gasteiger charge is -2.43. The number of aryl methyl sites for hydroxylation is 2. The molecule has 1 aromatic carbocycles. The zero-order chi connectivity index (χ0) is 20.5. The molecule has 0 aliphatic carbocycles. The molecule has 5 nitrogen and oxygen atoms in total. The number of nitrogens with one attached hydrogen (secondary N) is 1. The number of hydrogen-bond acceptors (Lipinski definition) is 4. The summed E-state index contributed by atoms with van der Waals surface area (Å²) >= 11 is 7.06. The highest BCUT2D eigenvalue weighted by atomic mass is 32.2. The highest BCUT2D eigenvalue weighted by molar-refractivity contribution is 8.23. The van der Waals surface area contributed by atoms with Gasteiger partial charge in [-0.05, 0) is 55.5 Å². The minimum atomic E-state index is -0.0450. The summed E-state index contributed by atoms with van der Waals surface area (Å²) in [5.41, 5.74) is 4.28. The molecule has 1 aromatic heterocycles.